The van der Waals surface area contributed by atoms with Gasteiger partial charge < -0.3 is 4.74 Å². The molecule has 0 radical (unpaired) electrons. The lowest BCUT2D eigenvalue weighted by Gasteiger charge is -2.10. The van der Waals surface area contributed by atoms with Gasteiger partial charge in [0, 0.05) is 0 Å². The molecule has 1 heterocycles. The first-order chi connectivity index (χ1) is 9.56. The van der Waals surface area contributed by atoms with Crippen LogP contribution in [-0.4, -0.2) is 11.1 Å². The molecule has 0 saturated heterocycles. The highest BCUT2D eigenvalue weighted by molar-refractivity contribution is 6.34. The van der Waals surface area contributed by atoms with Gasteiger partial charge in [0.25, 0.3) is 0 Å². The quantitative estimate of drug-likeness (QED) is 0.852. The molecule has 2 aromatic rings. The number of amides is 1. The van der Waals surface area contributed by atoms with Gasteiger partial charge in [-0.1, -0.05) is 53.5 Å². The number of carbonyl (C=O) groups excluding carboxylic acids is 1. The van der Waals surface area contributed by atoms with Crippen LogP contribution in [0.3, 0.4) is 0 Å². The van der Waals surface area contributed by atoms with E-state index in [4.69, 9.17) is 27.9 Å². The molecule has 0 fully saturated rings. The third-order valence-corrected chi connectivity index (χ3v) is 3.05. The first-order valence-corrected chi connectivity index (χ1v) is 6.62. The van der Waals surface area contributed by atoms with Crippen molar-refractivity contribution in [3.05, 3.63) is 57.8 Å². The van der Waals surface area contributed by atoms with Crippen molar-refractivity contribution in [2.45, 2.75) is 13.5 Å². The minimum absolute atomic E-state index is 0.131. The Morgan fingerprint density at radius 3 is 2.65 bits per heavy atom. The van der Waals surface area contributed by atoms with Gasteiger partial charge >= 0.3 is 6.09 Å². The Bertz CT molecular complexity index is 595. The third kappa shape index (κ3) is 3.85. The third-order valence-electron chi connectivity index (χ3n) is 2.58. The minimum atomic E-state index is -0.594. The number of hydrogen-bond acceptors (Lipinski definition) is 3. The highest BCUT2D eigenvalue weighted by Crippen LogP contribution is 2.26. The second kappa shape index (κ2) is 6.59. The fraction of sp³-hybridized carbons (Fsp3) is 0.143. The average Bonchev–Trinajstić information content (AvgIpc) is 2.42. The van der Waals surface area contributed by atoms with Crippen LogP contribution in [0.15, 0.2) is 36.4 Å². The van der Waals surface area contributed by atoms with Crippen LogP contribution in [0, 0.1) is 6.92 Å². The molecule has 20 heavy (non-hydrogen) atoms. The Hall–Kier alpha value is -1.78. The van der Waals surface area contributed by atoms with Crippen LogP contribution < -0.4 is 5.32 Å². The van der Waals surface area contributed by atoms with Crippen molar-refractivity contribution in [2.75, 3.05) is 5.32 Å². The summed E-state index contributed by atoms with van der Waals surface area (Å²) in [6.07, 6.45) is -0.594. The van der Waals surface area contributed by atoms with E-state index in [-0.39, 0.29) is 16.9 Å². The van der Waals surface area contributed by atoms with Crippen LogP contribution in [0.25, 0.3) is 0 Å². The maximum Gasteiger partial charge on any atom is 0.412 e. The smallest absolute Gasteiger partial charge is 0.412 e. The van der Waals surface area contributed by atoms with Gasteiger partial charge in [0.1, 0.15) is 11.8 Å². The summed E-state index contributed by atoms with van der Waals surface area (Å²) < 4.78 is 5.10. The number of carbonyl (C=O) groups is 1. The summed E-state index contributed by atoms with van der Waals surface area (Å²) in [6, 6.07) is 11.0. The molecule has 1 aromatic carbocycles. The summed E-state index contributed by atoms with van der Waals surface area (Å²) in [5.74, 6) is 0. The van der Waals surface area contributed by atoms with Crippen molar-refractivity contribution < 1.29 is 9.53 Å². The maximum absolute atomic E-state index is 11.7. The number of benzene rings is 1. The minimum Gasteiger partial charge on any atom is -0.444 e. The lowest BCUT2D eigenvalue weighted by Crippen LogP contribution is -2.15. The molecule has 1 N–H and O–H groups in total. The van der Waals surface area contributed by atoms with E-state index in [2.05, 4.69) is 10.3 Å². The highest BCUT2D eigenvalue weighted by Gasteiger charge is 2.12. The molecule has 0 unspecified atom stereocenters. The van der Waals surface area contributed by atoms with E-state index in [1.165, 1.54) is 0 Å². The first-order valence-electron chi connectivity index (χ1n) is 5.86. The topological polar surface area (TPSA) is 51.2 Å². The van der Waals surface area contributed by atoms with Gasteiger partial charge in [0.15, 0.2) is 5.15 Å². The number of rotatable bonds is 3. The Balaban J connectivity index is 1.98. The number of hydrogen-bond donors (Lipinski definition) is 1. The molecule has 104 valence electrons. The number of nitrogens with one attached hydrogen (secondary N) is 1. The van der Waals surface area contributed by atoms with Gasteiger partial charge in [-0.15, -0.1) is 0 Å². The Morgan fingerprint density at radius 2 is 2.00 bits per heavy atom. The van der Waals surface area contributed by atoms with Crippen LogP contribution in [0.4, 0.5) is 10.5 Å². The fourth-order valence-corrected chi connectivity index (χ4v) is 2.19. The molecule has 0 aliphatic rings. The van der Waals surface area contributed by atoms with Crippen LogP contribution in [-0.2, 0) is 11.3 Å². The standard InChI is InChI=1S/C14H12Cl2N2O2/c1-9-7-11(15)17-13(16)12(9)18-14(19)20-8-10-5-3-2-4-6-10/h2-7H,8H2,1H3,(H,18,19). The molecule has 0 spiro atoms. The molecule has 2 rings (SSSR count). The summed E-state index contributed by atoms with van der Waals surface area (Å²) in [7, 11) is 0. The van der Waals surface area contributed by atoms with E-state index >= 15 is 0 Å². The van der Waals surface area contributed by atoms with Crippen molar-refractivity contribution in [3.8, 4) is 0 Å². The summed E-state index contributed by atoms with van der Waals surface area (Å²) in [6.45, 7) is 1.95. The number of halogens is 2. The van der Waals surface area contributed by atoms with Crippen molar-refractivity contribution in [3.63, 3.8) is 0 Å². The van der Waals surface area contributed by atoms with Gasteiger partial charge in [-0.3, -0.25) is 5.32 Å². The second-order valence-electron chi connectivity index (χ2n) is 4.11. The molecular weight excluding hydrogens is 299 g/mol. The van der Waals surface area contributed by atoms with Gasteiger partial charge in [0.05, 0.1) is 5.69 Å². The number of anilines is 1. The molecule has 1 amide bonds. The molecule has 6 heteroatoms. The van der Waals surface area contributed by atoms with Crippen LogP contribution in [0.5, 0.6) is 0 Å². The lowest BCUT2D eigenvalue weighted by atomic mass is 10.2. The zero-order chi connectivity index (χ0) is 14.5. The SMILES string of the molecule is Cc1cc(Cl)nc(Cl)c1NC(=O)OCc1ccccc1. The van der Waals surface area contributed by atoms with E-state index in [9.17, 15) is 4.79 Å². The van der Waals surface area contributed by atoms with Crippen LogP contribution >= 0.6 is 23.2 Å². The fourth-order valence-electron chi connectivity index (χ4n) is 1.61. The Kier molecular flexibility index (Phi) is 4.82. The van der Waals surface area contributed by atoms with E-state index in [1.807, 2.05) is 30.3 Å². The van der Waals surface area contributed by atoms with Crippen molar-refractivity contribution in [1.82, 2.24) is 4.98 Å². The van der Waals surface area contributed by atoms with Crippen molar-refractivity contribution in [1.29, 1.82) is 0 Å². The molecule has 1 aromatic heterocycles. The lowest BCUT2D eigenvalue weighted by molar-refractivity contribution is 0.155. The monoisotopic (exact) mass is 310 g/mol. The molecule has 0 saturated carbocycles. The summed E-state index contributed by atoms with van der Waals surface area (Å²) in [4.78, 5) is 15.6. The Morgan fingerprint density at radius 1 is 1.30 bits per heavy atom. The van der Waals surface area contributed by atoms with Crippen LogP contribution in [0.2, 0.25) is 10.3 Å². The Labute approximate surface area is 126 Å². The van der Waals surface area contributed by atoms with Gasteiger partial charge in [-0.25, -0.2) is 9.78 Å². The molecule has 0 atom stereocenters. The molecule has 0 bridgehead atoms. The summed E-state index contributed by atoms with van der Waals surface area (Å²) >= 11 is 11.7. The molecule has 0 aliphatic carbocycles. The zero-order valence-corrected chi connectivity index (χ0v) is 12.2. The number of pyridine rings is 1. The van der Waals surface area contributed by atoms with Gasteiger partial charge in [-0.05, 0) is 24.1 Å². The second-order valence-corrected chi connectivity index (χ2v) is 4.86. The number of ether oxygens (including phenoxy) is 1. The molecular formula is C14H12Cl2N2O2. The normalized spacial score (nSPS) is 10.2. The first kappa shape index (κ1) is 14.6. The maximum atomic E-state index is 11.7. The van der Waals surface area contributed by atoms with E-state index < -0.39 is 6.09 Å². The zero-order valence-electron chi connectivity index (χ0n) is 10.7. The highest BCUT2D eigenvalue weighted by atomic mass is 35.5. The van der Waals surface area contributed by atoms with Crippen LogP contribution in [0.1, 0.15) is 11.1 Å². The largest absolute Gasteiger partial charge is 0.444 e. The van der Waals surface area contributed by atoms with E-state index in [1.54, 1.807) is 13.0 Å². The number of nitrogens with zero attached hydrogens (tertiary/aromatic N) is 1. The van der Waals surface area contributed by atoms with Crippen molar-refractivity contribution in [2.24, 2.45) is 0 Å². The average molecular weight is 311 g/mol. The van der Waals surface area contributed by atoms with E-state index in [0.29, 0.717) is 11.3 Å². The number of aryl methyl sites for hydroxylation is 1. The van der Waals surface area contributed by atoms with Gasteiger partial charge in [0.2, 0.25) is 0 Å². The predicted molar refractivity (Wildman–Crippen MR) is 79.2 cm³/mol. The van der Waals surface area contributed by atoms with Crippen molar-refractivity contribution >= 4 is 35.0 Å². The van der Waals surface area contributed by atoms with Gasteiger partial charge in [-0.2, -0.15) is 0 Å². The molecule has 4 nitrogen and oxygen atoms in total. The van der Waals surface area contributed by atoms with E-state index in [0.717, 1.165) is 5.56 Å². The number of aromatic nitrogens is 1. The summed E-state index contributed by atoms with van der Waals surface area (Å²) in [5, 5.41) is 2.97. The summed E-state index contributed by atoms with van der Waals surface area (Å²) in [5.41, 5.74) is 2.01. The molecule has 0 aliphatic heterocycles. The predicted octanol–water partition coefficient (Wildman–Crippen LogP) is 4.45.